The summed E-state index contributed by atoms with van der Waals surface area (Å²) in [6.45, 7) is 3.91. The molecule has 0 amide bonds. The zero-order valence-electron chi connectivity index (χ0n) is 8.91. The molecule has 1 aromatic carbocycles. The normalized spacial score (nSPS) is 10.3. The fraction of sp³-hybridized carbons (Fsp3) is 0.182. The van der Waals surface area contributed by atoms with Gasteiger partial charge >= 0.3 is 0 Å². The Bertz CT molecular complexity index is 484. The van der Waals surface area contributed by atoms with E-state index in [0.717, 1.165) is 22.4 Å². The molecule has 0 aliphatic heterocycles. The zero-order chi connectivity index (χ0) is 10.8. The van der Waals surface area contributed by atoms with Gasteiger partial charge < -0.3 is 10.2 Å². The molecule has 0 fully saturated rings. The average molecular weight is 202 g/mol. The summed E-state index contributed by atoms with van der Waals surface area (Å²) >= 11 is 0. The molecule has 0 radical (unpaired) electrons. The van der Waals surface area contributed by atoms with Gasteiger partial charge in [-0.3, -0.25) is 5.10 Å². The van der Waals surface area contributed by atoms with Crippen molar-refractivity contribution >= 4 is 16.6 Å². The summed E-state index contributed by atoms with van der Waals surface area (Å²) < 4.78 is 0. The first-order valence-corrected chi connectivity index (χ1v) is 4.73. The van der Waals surface area contributed by atoms with Gasteiger partial charge in [-0.25, -0.2) is 0 Å². The van der Waals surface area contributed by atoms with E-state index >= 15 is 0 Å². The van der Waals surface area contributed by atoms with E-state index in [1.54, 1.807) is 6.20 Å². The van der Waals surface area contributed by atoms with Crippen LogP contribution in [0.2, 0.25) is 0 Å². The van der Waals surface area contributed by atoms with Gasteiger partial charge in [0.1, 0.15) is 0 Å². The highest BCUT2D eigenvalue weighted by atomic mass is 15.2. The summed E-state index contributed by atoms with van der Waals surface area (Å²) in [4.78, 5) is 1.93. The van der Waals surface area contributed by atoms with Crippen molar-refractivity contribution in [3.63, 3.8) is 0 Å². The number of hydrogen-bond acceptors (Lipinski definition) is 3. The number of nitrogens with zero attached hydrogens (tertiary/aromatic N) is 2. The smallest absolute Gasteiger partial charge is 0.0978 e. The van der Waals surface area contributed by atoms with Crippen LogP contribution in [0.3, 0.4) is 0 Å². The molecule has 0 aliphatic carbocycles. The Morgan fingerprint density at radius 2 is 2.27 bits per heavy atom. The quantitative estimate of drug-likeness (QED) is 0.800. The molecule has 78 valence electrons. The summed E-state index contributed by atoms with van der Waals surface area (Å²) in [5.41, 5.74) is 2.03. The van der Waals surface area contributed by atoms with E-state index in [1.165, 1.54) is 0 Å². The predicted octanol–water partition coefficient (Wildman–Crippen LogP) is 2.01. The highest BCUT2D eigenvalue weighted by Gasteiger charge is 2.00. The second-order valence-corrected chi connectivity index (χ2v) is 3.64. The average Bonchev–Trinajstić information content (AvgIpc) is 2.64. The molecule has 2 N–H and O–H groups in total. The number of nitrogens with one attached hydrogen (secondary N) is 2. The number of hydrogen-bond donors (Lipinski definition) is 2. The second kappa shape index (κ2) is 3.65. The first kappa shape index (κ1) is 9.58. The summed E-state index contributed by atoms with van der Waals surface area (Å²) in [5.74, 6) is 0.855. The lowest BCUT2D eigenvalue weighted by atomic mass is 10.2. The number of H-pyrrole nitrogens is 1. The van der Waals surface area contributed by atoms with Crippen LogP contribution in [0, 0.1) is 0 Å². The fourth-order valence-electron chi connectivity index (χ4n) is 1.29. The Labute approximate surface area is 88.6 Å². The van der Waals surface area contributed by atoms with Crippen molar-refractivity contribution in [1.29, 1.82) is 0 Å². The van der Waals surface area contributed by atoms with Gasteiger partial charge in [-0.15, -0.1) is 0 Å². The lowest BCUT2D eigenvalue weighted by Gasteiger charge is -2.17. The van der Waals surface area contributed by atoms with Crippen molar-refractivity contribution in [3.05, 3.63) is 36.8 Å². The van der Waals surface area contributed by atoms with Crippen LogP contribution < -0.4 is 5.32 Å². The predicted molar refractivity (Wildman–Crippen MR) is 62.5 cm³/mol. The lowest BCUT2D eigenvalue weighted by Crippen LogP contribution is -2.16. The van der Waals surface area contributed by atoms with Crippen LogP contribution in [-0.4, -0.2) is 29.2 Å². The monoisotopic (exact) mass is 202 g/mol. The molecular weight excluding hydrogens is 188 g/mol. The van der Waals surface area contributed by atoms with E-state index < -0.39 is 0 Å². The number of benzene rings is 1. The number of anilines is 1. The molecule has 0 unspecified atom stereocenters. The minimum atomic E-state index is 0.855. The van der Waals surface area contributed by atoms with Gasteiger partial charge in [-0.05, 0) is 18.2 Å². The third-order valence-corrected chi connectivity index (χ3v) is 2.27. The van der Waals surface area contributed by atoms with Gasteiger partial charge in [0.15, 0.2) is 0 Å². The highest BCUT2D eigenvalue weighted by molar-refractivity contribution is 5.81. The fourth-order valence-corrected chi connectivity index (χ4v) is 1.29. The minimum absolute atomic E-state index is 0.855. The molecule has 1 aromatic heterocycles. The topological polar surface area (TPSA) is 44.0 Å². The number of fused-ring (bicyclic) bond motifs is 1. The van der Waals surface area contributed by atoms with Crippen LogP contribution in [0.15, 0.2) is 36.8 Å². The molecule has 2 aromatic rings. The second-order valence-electron chi connectivity index (χ2n) is 3.64. The van der Waals surface area contributed by atoms with Gasteiger partial charge in [0.05, 0.1) is 17.5 Å². The molecule has 0 bridgehead atoms. The summed E-state index contributed by atoms with van der Waals surface area (Å²) in [6, 6.07) is 6.04. The first-order chi connectivity index (χ1) is 7.16. The summed E-state index contributed by atoms with van der Waals surface area (Å²) in [6.07, 6.45) is 1.81. The van der Waals surface area contributed by atoms with Crippen molar-refractivity contribution < 1.29 is 0 Å². The number of aromatic nitrogens is 2. The van der Waals surface area contributed by atoms with Crippen molar-refractivity contribution in [3.8, 4) is 0 Å². The number of aromatic amines is 1. The number of rotatable bonds is 3. The standard InChI is InChI=1S/C11H14N4/c1-8(15(2)3)13-10-5-4-9-7-12-14-11(9)6-10/h4-7,13H,1H2,2-3H3,(H,12,14). The minimum Gasteiger partial charge on any atom is -0.365 e. The Morgan fingerprint density at radius 3 is 3.00 bits per heavy atom. The molecule has 0 spiro atoms. The van der Waals surface area contributed by atoms with Gasteiger partial charge in [-0.2, -0.15) is 5.10 Å². The largest absolute Gasteiger partial charge is 0.365 e. The van der Waals surface area contributed by atoms with Crippen LogP contribution in [0.5, 0.6) is 0 Å². The summed E-state index contributed by atoms with van der Waals surface area (Å²) in [7, 11) is 3.90. The Kier molecular flexibility index (Phi) is 2.33. The van der Waals surface area contributed by atoms with Crippen molar-refractivity contribution in [2.24, 2.45) is 0 Å². The maximum Gasteiger partial charge on any atom is 0.0978 e. The van der Waals surface area contributed by atoms with Crippen LogP contribution in [-0.2, 0) is 0 Å². The third-order valence-electron chi connectivity index (χ3n) is 2.27. The Morgan fingerprint density at radius 1 is 1.47 bits per heavy atom. The summed E-state index contributed by atoms with van der Waals surface area (Å²) in [5, 5.41) is 11.2. The van der Waals surface area contributed by atoms with E-state index in [0.29, 0.717) is 0 Å². The van der Waals surface area contributed by atoms with Crippen LogP contribution in [0.1, 0.15) is 0 Å². The van der Waals surface area contributed by atoms with Gasteiger partial charge in [0, 0.05) is 25.2 Å². The van der Waals surface area contributed by atoms with Crippen LogP contribution in [0.4, 0.5) is 5.69 Å². The first-order valence-electron chi connectivity index (χ1n) is 4.73. The van der Waals surface area contributed by atoms with E-state index in [4.69, 9.17) is 0 Å². The van der Waals surface area contributed by atoms with Crippen molar-refractivity contribution in [2.45, 2.75) is 0 Å². The molecule has 0 atom stereocenters. The Hall–Kier alpha value is -1.97. The van der Waals surface area contributed by atoms with Gasteiger partial charge in [-0.1, -0.05) is 6.58 Å². The maximum atomic E-state index is 3.97. The molecule has 0 aliphatic rings. The van der Waals surface area contributed by atoms with E-state index in [2.05, 4.69) is 22.1 Å². The van der Waals surface area contributed by atoms with Crippen LogP contribution in [0.25, 0.3) is 10.9 Å². The maximum absolute atomic E-state index is 3.97. The van der Waals surface area contributed by atoms with Crippen LogP contribution >= 0.6 is 0 Å². The molecule has 0 saturated carbocycles. The molecular formula is C11H14N4. The van der Waals surface area contributed by atoms with Gasteiger partial charge in [0.25, 0.3) is 0 Å². The zero-order valence-corrected chi connectivity index (χ0v) is 8.91. The molecule has 2 rings (SSSR count). The van der Waals surface area contributed by atoms with Crippen molar-refractivity contribution in [1.82, 2.24) is 15.1 Å². The molecule has 15 heavy (non-hydrogen) atoms. The molecule has 4 nitrogen and oxygen atoms in total. The lowest BCUT2D eigenvalue weighted by molar-refractivity contribution is 0.521. The van der Waals surface area contributed by atoms with E-state index in [-0.39, 0.29) is 0 Å². The molecule has 4 heteroatoms. The van der Waals surface area contributed by atoms with Crippen molar-refractivity contribution in [2.75, 3.05) is 19.4 Å². The molecule has 1 heterocycles. The van der Waals surface area contributed by atoms with E-state index in [1.807, 2.05) is 37.2 Å². The van der Waals surface area contributed by atoms with E-state index in [9.17, 15) is 0 Å². The highest BCUT2D eigenvalue weighted by Crippen LogP contribution is 2.17. The third kappa shape index (κ3) is 1.93. The Balaban J connectivity index is 2.25. The SMILES string of the molecule is C=C(Nc1ccc2cn[nH]c2c1)N(C)C. The molecule has 0 saturated heterocycles. The van der Waals surface area contributed by atoms with Gasteiger partial charge in [0.2, 0.25) is 0 Å².